The molecule has 0 bridgehead atoms. The number of aryl methyl sites for hydroxylation is 2. The average Bonchev–Trinajstić information content (AvgIpc) is 3.03. The van der Waals surface area contributed by atoms with Crippen LogP contribution in [0.4, 0.5) is 13.2 Å². The third-order valence-electron chi connectivity index (χ3n) is 7.79. The molecule has 4 aromatic carbocycles. The van der Waals surface area contributed by atoms with Gasteiger partial charge in [-0.05, 0) is 79.9 Å². The fourth-order valence-corrected chi connectivity index (χ4v) is 5.22. The number of halogens is 3. The fourth-order valence-electron chi connectivity index (χ4n) is 5.22. The summed E-state index contributed by atoms with van der Waals surface area (Å²) in [5.74, 6) is -0.304. The van der Waals surface area contributed by atoms with Gasteiger partial charge in [0.25, 0.3) is 5.56 Å². The molecule has 1 atom stereocenters. The zero-order valence-electron chi connectivity index (χ0n) is 25.6. The van der Waals surface area contributed by atoms with Crippen LogP contribution in [0.3, 0.4) is 0 Å². The molecule has 1 unspecified atom stereocenters. The van der Waals surface area contributed by atoms with Gasteiger partial charge in [0.1, 0.15) is 28.9 Å². The van der Waals surface area contributed by atoms with Crippen LogP contribution in [0.5, 0.6) is 17.2 Å². The molecule has 1 aromatic heterocycles. The molecule has 0 saturated carbocycles. The van der Waals surface area contributed by atoms with Gasteiger partial charge in [0.05, 0.1) is 17.8 Å². The van der Waals surface area contributed by atoms with Crippen molar-refractivity contribution in [1.82, 2.24) is 4.57 Å². The minimum Gasteiger partial charge on any atom is -0.478 e. The topological polar surface area (TPSA) is 102 Å². The molecule has 5 aromatic rings. The minimum absolute atomic E-state index is 0.0166. The van der Waals surface area contributed by atoms with E-state index in [0.29, 0.717) is 22.6 Å². The lowest BCUT2D eigenvalue weighted by Gasteiger charge is -2.27. The van der Waals surface area contributed by atoms with E-state index in [0.717, 1.165) is 22.8 Å². The Morgan fingerprint density at radius 1 is 0.872 bits per heavy atom. The third kappa shape index (κ3) is 6.89. The van der Waals surface area contributed by atoms with Crippen LogP contribution in [0.2, 0.25) is 0 Å². The SMILES string of the molecule is Cc1ccc(Cn2c(-c3ccc(Oc4cccc(OC(C)(C(=O)O)c5ccccc5)c4)cc3)cc(C(F)(F)F)c(C#N)c2=O)c(C)c1. The van der Waals surface area contributed by atoms with Crippen molar-refractivity contribution in [2.45, 2.75) is 39.1 Å². The first-order valence-corrected chi connectivity index (χ1v) is 14.5. The second-order valence-corrected chi connectivity index (χ2v) is 11.2. The molecule has 7 nitrogen and oxygen atoms in total. The summed E-state index contributed by atoms with van der Waals surface area (Å²) in [6.07, 6.45) is -4.93. The van der Waals surface area contributed by atoms with Gasteiger partial charge in [-0.25, -0.2) is 4.79 Å². The summed E-state index contributed by atoms with van der Waals surface area (Å²) in [7, 11) is 0. The van der Waals surface area contributed by atoms with Gasteiger partial charge < -0.3 is 19.1 Å². The Balaban J connectivity index is 1.48. The Kier molecular flexibility index (Phi) is 8.93. The number of hydrogen-bond acceptors (Lipinski definition) is 5. The Hall–Kier alpha value is -5.82. The summed E-state index contributed by atoms with van der Waals surface area (Å²) >= 11 is 0. The lowest BCUT2D eigenvalue weighted by Crippen LogP contribution is -2.38. The molecular formula is C37H29F3N2O5. The van der Waals surface area contributed by atoms with Gasteiger partial charge >= 0.3 is 12.1 Å². The van der Waals surface area contributed by atoms with Crippen LogP contribution in [0.15, 0.2) is 108 Å². The molecule has 1 N–H and O–H groups in total. The second-order valence-electron chi connectivity index (χ2n) is 11.2. The normalized spacial score (nSPS) is 12.5. The maximum absolute atomic E-state index is 14.0. The van der Waals surface area contributed by atoms with E-state index in [4.69, 9.17) is 9.47 Å². The van der Waals surface area contributed by atoms with Gasteiger partial charge in [0, 0.05) is 11.6 Å². The van der Waals surface area contributed by atoms with Gasteiger partial charge in [-0.15, -0.1) is 0 Å². The smallest absolute Gasteiger partial charge is 0.417 e. The van der Waals surface area contributed by atoms with Crippen LogP contribution in [-0.4, -0.2) is 15.6 Å². The van der Waals surface area contributed by atoms with Crippen molar-refractivity contribution in [2.75, 3.05) is 0 Å². The first-order chi connectivity index (χ1) is 22.3. The molecule has 5 rings (SSSR count). The number of aliphatic carboxylic acids is 1. The van der Waals surface area contributed by atoms with E-state index in [2.05, 4.69) is 0 Å². The molecule has 0 fully saturated rings. The molecule has 0 saturated heterocycles. The van der Waals surface area contributed by atoms with Crippen LogP contribution in [0, 0.1) is 25.2 Å². The van der Waals surface area contributed by atoms with Crippen molar-refractivity contribution in [3.05, 3.63) is 147 Å². The van der Waals surface area contributed by atoms with Crippen molar-refractivity contribution < 1.29 is 32.5 Å². The Morgan fingerprint density at radius 2 is 1.55 bits per heavy atom. The highest BCUT2D eigenvalue weighted by Gasteiger charge is 2.38. The number of rotatable bonds is 9. The maximum Gasteiger partial charge on any atom is 0.417 e. The Morgan fingerprint density at radius 3 is 2.17 bits per heavy atom. The molecule has 238 valence electrons. The van der Waals surface area contributed by atoms with Gasteiger partial charge in [0.15, 0.2) is 0 Å². The molecule has 0 aliphatic carbocycles. The number of nitriles is 1. The van der Waals surface area contributed by atoms with Crippen LogP contribution in [-0.2, 0) is 23.1 Å². The van der Waals surface area contributed by atoms with Gasteiger partial charge in [-0.2, -0.15) is 18.4 Å². The van der Waals surface area contributed by atoms with Crippen LogP contribution >= 0.6 is 0 Å². The van der Waals surface area contributed by atoms with E-state index in [1.165, 1.54) is 47.9 Å². The van der Waals surface area contributed by atoms with Crippen molar-refractivity contribution >= 4 is 5.97 Å². The number of alkyl halides is 3. The first-order valence-electron chi connectivity index (χ1n) is 14.5. The number of carbonyl (C=O) groups is 1. The van der Waals surface area contributed by atoms with E-state index < -0.39 is 34.4 Å². The molecule has 10 heteroatoms. The van der Waals surface area contributed by atoms with Crippen LogP contribution in [0.25, 0.3) is 11.3 Å². The van der Waals surface area contributed by atoms with Gasteiger partial charge in [-0.3, -0.25) is 4.79 Å². The maximum atomic E-state index is 14.0. The van der Waals surface area contributed by atoms with E-state index in [1.54, 1.807) is 54.6 Å². The van der Waals surface area contributed by atoms with Crippen molar-refractivity contribution in [1.29, 1.82) is 5.26 Å². The average molecular weight is 639 g/mol. The molecule has 0 radical (unpaired) electrons. The standard InChI is InChI=1S/C37H29F3N2O5/c1-23-12-13-26(24(2)18-23)22-42-33(20-32(37(38,39)40)31(21-41)34(42)43)25-14-16-28(17-15-25)46-29-10-7-11-30(19-29)47-36(3,35(44)45)27-8-5-4-6-9-27/h4-20H,22H2,1-3H3,(H,44,45). The molecule has 47 heavy (non-hydrogen) atoms. The molecule has 0 aliphatic heterocycles. The molecule has 0 aliphatic rings. The number of benzene rings is 4. The monoisotopic (exact) mass is 638 g/mol. The molecule has 0 amide bonds. The highest BCUT2D eigenvalue weighted by atomic mass is 19.4. The van der Waals surface area contributed by atoms with Crippen molar-refractivity contribution in [3.8, 4) is 34.6 Å². The Bertz CT molecular complexity index is 2050. The predicted molar refractivity (Wildman–Crippen MR) is 169 cm³/mol. The van der Waals surface area contributed by atoms with Crippen molar-refractivity contribution in [2.24, 2.45) is 0 Å². The number of nitrogens with zero attached hydrogens (tertiary/aromatic N) is 2. The zero-order valence-corrected chi connectivity index (χ0v) is 25.6. The number of hydrogen-bond donors (Lipinski definition) is 1. The van der Waals surface area contributed by atoms with E-state index in [1.807, 2.05) is 26.0 Å². The Labute approximate surface area is 268 Å². The summed E-state index contributed by atoms with van der Waals surface area (Å²) < 4.78 is 55.1. The summed E-state index contributed by atoms with van der Waals surface area (Å²) in [5.41, 5.74) is -1.71. The number of pyridine rings is 1. The van der Waals surface area contributed by atoms with E-state index in [9.17, 15) is 33.1 Å². The quantitative estimate of drug-likeness (QED) is 0.175. The van der Waals surface area contributed by atoms with Gasteiger partial charge in [-0.1, -0.05) is 60.2 Å². The van der Waals surface area contributed by atoms with Crippen molar-refractivity contribution in [3.63, 3.8) is 0 Å². The van der Waals surface area contributed by atoms with E-state index >= 15 is 0 Å². The number of carboxylic acid groups (broad SMARTS) is 1. The highest BCUT2D eigenvalue weighted by Crippen LogP contribution is 2.36. The third-order valence-corrected chi connectivity index (χ3v) is 7.79. The lowest BCUT2D eigenvalue weighted by molar-refractivity contribution is -0.154. The zero-order chi connectivity index (χ0) is 33.9. The molecule has 0 spiro atoms. The van der Waals surface area contributed by atoms with E-state index in [-0.39, 0.29) is 18.0 Å². The summed E-state index contributed by atoms with van der Waals surface area (Å²) in [4.78, 5) is 25.6. The number of carboxylic acids is 1. The summed E-state index contributed by atoms with van der Waals surface area (Å²) in [6.45, 7) is 5.16. The first kappa shape index (κ1) is 32.6. The molecular weight excluding hydrogens is 609 g/mol. The number of aromatic nitrogens is 1. The van der Waals surface area contributed by atoms with Crippen LogP contribution in [0.1, 0.15) is 40.3 Å². The van der Waals surface area contributed by atoms with Crippen LogP contribution < -0.4 is 15.0 Å². The number of ether oxygens (including phenoxy) is 2. The largest absolute Gasteiger partial charge is 0.478 e. The second kappa shape index (κ2) is 12.9. The fraction of sp³-hybridized carbons (Fsp3) is 0.162. The lowest BCUT2D eigenvalue weighted by atomic mass is 9.96. The minimum atomic E-state index is -4.93. The molecule has 1 heterocycles. The summed E-state index contributed by atoms with van der Waals surface area (Å²) in [6, 6.07) is 28.8. The highest BCUT2D eigenvalue weighted by molar-refractivity contribution is 5.79. The van der Waals surface area contributed by atoms with Gasteiger partial charge in [0.2, 0.25) is 5.60 Å². The summed E-state index contributed by atoms with van der Waals surface area (Å²) in [5, 5.41) is 19.5. The predicted octanol–water partition coefficient (Wildman–Crippen LogP) is 8.24.